The Morgan fingerprint density at radius 2 is 2.05 bits per heavy atom. The van der Waals surface area contributed by atoms with Crippen molar-refractivity contribution in [2.24, 2.45) is 10.9 Å². The predicted molar refractivity (Wildman–Crippen MR) is 61.8 cm³/mol. The number of nitrogens with zero attached hydrogens (tertiary/aromatic N) is 1. The van der Waals surface area contributed by atoms with Crippen LogP contribution in [0.2, 0.25) is 0 Å². The van der Waals surface area contributed by atoms with E-state index in [2.05, 4.69) is 10.5 Å². The van der Waals surface area contributed by atoms with E-state index in [0.717, 1.165) is 6.07 Å². The number of alkyl halides is 3. The summed E-state index contributed by atoms with van der Waals surface area (Å²) in [6.07, 6.45) is -4.86. The van der Waals surface area contributed by atoms with Gasteiger partial charge in [0.2, 0.25) is 0 Å². The monoisotopic (exact) mass is 293 g/mol. The van der Waals surface area contributed by atoms with Crippen LogP contribution in [0.15, 0.2) is 23.4 Å². The molecule has 0 aliphatic heterocycles. The average molecular weight is 293 g/mol. The molecule has 0 heterocycles. The third kappa shape index (κ3) is 4.11. The second kappa shape index (κ2) is 6.22. The number of halogens is 4. The summed E-state index contributed by atoms with van der Waals surface area (Å²) in [5, 5.41) is 13.2. The number of amides is 1. The number of nitrogens with one attached hydrogen (secondary N) is 1. The topological polar surface area (TPSA) is 87.7 Å². The predicted octanol–water partition coefficient (Wildman–Crippen LogP) is 1.71. The molecule has 110 valence electrons. The van der Waals surface area contributed by atoms with E-state index in [-0.39, 0.29) is 24.4 Å². The molecule has 1 amide bonds. The molecule has 0 aliphatic carbocycles. The van der Waals surface area contributed by atoms with Crippen LogP contribution in [-0.4, -0.2) is 23.5 Å². The van der Waals surface area contributed by atoms with Gasteiger partial charge in [-0.2, -0.15) is 13.2 Å². The maximum atomic E-state index is 13.0. The molecule has 0 unspecified atom stereocenters. The molecule has 0 saturated heterocycles. The SMILES string of the molecule is NC(CCNC(=O)c1ccc(F)c(C(F)(F)F)c1)=NO. The first kappa shape index (κ1) is 15.7. The summed E-state index contributed by atoms with van der Waals surface area (Å²) in [4.78, 5) is 11.6. The molecule has 0 radical (unpaired) electrons. The van der Waals surface area contributed by atoms with E-state index in [1.807, 2.05) is 0 Å². The van der Waals surface area contributed by atoms with Gasteiger partial charge in [0, 0.05) is 18.5 Å². The van der Waals surface area contributed by atoms with Crippen molar-refractivity contribution < 1.29 is 27.6 Å². The Morgan fingerprint density at radius 3 is 2.60 bits per heavy atom. The Labute approximate surface area is 111 Å². The molecule has 20 heavy (non-hydrogen) atoms. The number of hydrogen-bond donors (Lipinski definition) is 3. The van der Waals surface area contributed by atoms with Crippen LogP contribution in [0.25, 0.3) is 0 Å². The molecule has 1 rings (SSSR count). The van der Waals surface area contributed by atoms with Gasteiger partial charge in [0.15, 0.2) is 0 Å². The molecule has 0 atom stereocenters. The Bertz CT molecular complexity index is 529. The van der Waals surface area contributed by atoms with Crippen molar-refractivity contribution in [3.63, 3.8) is 0 Å². The van der Waals surface area contributed by atoms with Gasteiger partial charge in [-0.05, 0) is 18.2 Å². The highest BCUT2D eigenvalue weighted by Gasteiger charge is 2.34. The molecular formula is C11H11F4N3O2. The zero-order valence-electron chi connectivity index (χ0n) is 10.0. The highest BCUT2D eigenvalue weighted by Crippen LogP contribution is 2.31. The van der Waals surface area contributed by atoms with E-state index in [9.17, 15) is 22.4 Å². The molecule has 4 N–H and O–H groups in total. The number of benzene rings is 1. The first-order chi connectivity index (χ1) is 9.25. The van der Waals surface area contributed by atoms with Crippen LogP contribution in [0.5, 0.6) is 0 Å². The summed E-state index contributed by atoms with van der Waals surface area (Å²) in [5.74, 6) is -2.41. The third-order valence-electron chi connectivity index (χ3n) is 2.33. The molecule has 9 heteroatoms. The second-order valence-corrected chi connectivity index (χ2v) is 3.79. The van der Waals surface area contributed by atoms with Crippen LogP contribution in [0.4, 0.5) is 17.6 Å². The van der Waals surface area contributed by atoms with E-state index < -0.39 is 23.5 Å². The summed E-state index contributed by atoms with van der Waals surface area (Å²) in [6, 6.07) is 1.93. The molecule has 0 bridgehead atoms. The van der Waals surface area contributed by atoms with Crippen molar-refractivity contribution in [2.75, 3.05) is 6.54 Å². The van der Waals surface area contributed by atoms with Crippen LogP contribution in [0, 0.1) is 5.82 Å². The van der Waals surface area contributed by atoms with E-state index in [1.165, 1.54) is 0 Å². The van der Waals surface area contributed by atoms with Crippen LogP contribution in [0.3, 0.4) is 0 Å². The average Bonchev–Trinajstić information content (AvgIpc) is 2.37. The lowest BCUT2D eigenvalue weighted by Crippen LogP contribution is -2.28. The Kier molecular flexibility index (Phi) is 4.89. The van der Waals surface area contributed by atoms with Gasteiger partial charge in [-0.1, -0.05) is 5.16 Å². The summed E-state index contributed by atoms with van der Waals surface area (Å²) < 4.78 is 50.4. The number of hydrogen-bond acceptors (Lipinski definition) is 3. The maximum absolute atomic E-state index is 13.0. The molecule has 1 aromatic carbocycles. The van der Waals surface area contributed by atoms with Gasteiger partial charge in [-0.3, -0.25) is 4.79 Å². The lowest BCUT2D eigenvalue weighted by atomic mass is 10.1. The first-order valence-corrected chi connectivity index (χ1v) is 5.37. The van der Waals surface area contributed by atoms with E-state index >= 15 is 0 Å². The smallest absolute Gasteiger partial charge is 0.409 e. The van der Waals surface area contributed by atoms with Crippen LogP contribution < -0.4 is 11.1 Å². The largest absolute Gasteiger partial charge is 0.419 e. The lowest BCUT2D eigenvalue weighted by molar-refractivity contribution is -0.140. The molecular weight excluding hydrogens is 282 g/mol. The van der Waals surface area contributed by atoms with Gasteiger partial charge in [0.1, 0.15) is 11.7 Å². The molecule has 5 nitrogen and oxygen atoms in total. The van der Waals surface area contributed by atoms with Gasteiger partial charge in [0.25, 0.3) is 5.91 Å². The summed E-state index contributed by atoms with van der Waals surface area (Å²) in [5.41, 5.74) is 3.30. The minimum absolute atomic E-state index is 0.0234. The molecule has 1 aromatic rings. The Morgan fingerprint density at radius 1 is 1.40 bits per heavy atom. The van der Waals surface area contributed by atoms with Crippen LogP contribution in [0.1, 0.15) is 22.3 Å². The number of rotatable bonds is 4. The minimum atomic E-state index is -4.88. The van der Waals surface area contributed by atoms with Crippen molar-refractivity contribution in [1.82, 2.24) is 5.32 Å². The fourth-order valence-corrected chi connectivity index (χ4v) is 1.34. The number of carbonyl (C=O) groups is 1. The molecule has 0 saturated carbocycles. The molecule has 0 spiro atoms. The third-order valence-corrected chi connectivity index (χ3v) is 2.33. The highest BCUT2D eigenvalue weighted by molar-refractivity contribution is 5.94. The zero-order valence-corrected chi connectivity index (χ0v) is 10.0. The first-order valence-electron chi connectivity index (χ1n) is 5.37. The number of oxime groups is 1. The standard InChI is InChI=1S/C11H11F4N3O2/c12-8-2-1-6(5-7(8)11(13,14)15)10(19)17-4-3-9(16)18-20/h1-2,5,20H,3-4H2,(H2,16,18)(H,17,19). The fourth-order valence-electron chi connectivity index (χ4n) is 1.34. The maximum Gasteiger partial charge on any atom is 0.419 e. The van der Waals surface area contributed by atoms with Crippen molar-refractivity contribution in [1.29, 1.82) is 0 Å². The quantitative estimate of drug-likeness (QED) is 0.260. The summed E-state index contributed by atoms with van der Waals surface area (Å²) in [6.45, 7) is -0.0343. The van der Waals surface area contributed by atoms with Crippen molar-refractivity contribution in [3.05, 3.63) is 35.1 Å². The lowest BCUT2D eigenvalue weighted by Gasteiger charge is -2.10. The van der Waals surface area contributed by atoms with Gasteiger partial charge >= 0.3 is 6.18 Å². The Balaban J connectivity index is 2.79. The Hall–Kier alpha value is -2.32. The van der Waals surface area contributed by atoms with Crippen LogP contribution in [-0.2, 0) is 6.18 Å². The van der Waals surface area contributed by atoms with E-state index in [0.29, 0.717) is 12.1 Å². The minimum Gasteiger partial charge on any atom is -0.409 e. The molecule has 0 aliphatic rings. The molecule has 0 aromatic heterocycles. The zero-order chi connectivity index (χ0) is 15.3. The van der Waals surface area contributed by atoms with Crippen molar-refractivity contribution in [2.45, 2.75) is 12.6 Å². The normalized spacial score (nSPS) is 12.3. The van der Waals surface area contributed by atoms with Gasteiger partial charge in [0.05, 0.1) is 5.56 Å². The van der Waals surface area contributed by atoms with Crippen molar-refractivity contribution in [3.8, 4) is 0 Å². The fraction of sp³-hybridized carbons (Fsp3) is 0.273. The van der Waals surface area contributed by atoms with Crippen LogP contribution >= 0.6 is 0 Å². The number of carbonyl (C=O) groups excluding carboxylic acids is 1. The highest BCUT2D eigenvalue weighted by atomic mass is 19.4. The van der Waals surface area contributed by atoms with E-state index in [4.69, 9.17) is 10.9 Å². The van der Waals surface area contributed by atoms with Gasteiger partial charge in [-0.15, -0.1) is 0 Å². The molecule has 0 fully saturated rings. The van der Waals surface area contributed by atoms with Crippen molar-refractivity contribution >= 4 is 11.7 Å². The number of amidine groups is 1. The van der Waals surface area contributed by atoms with Gasteiger partial charge in [-0.25, -0.2) is 4.39 Å². The second-order valence-electron chi connectivity index (χ2n) is 3.79. The number of nitrogens with two attached hydrogens (primary N) is 1. The summed E-state index contributed by atoms with van der Waals surface area (Å²) >= 11 is 0. The van der Waals surface area contributed by atoms with E-state index in [1.54, 1.807) is 0 Å². The van der Waals surface area contributed by atoms with Gasteiger partial charge < -0.3 is 16.3 Å². The summed E-state index contributed by atoms with van der Waals surface area (Å²) in [7, 11) is 0.